The first-order valence-corrected chi connectivity index (χ1v) is 20.6. The van der Waals surface area contributed by atoms with E-state index in [-0.39, 0.29) is 5.41 Å². The van der Waals surface area contributed by atoms with Gasteiger partial charge in [0.1, 0.15) is 0 Å². The van der Waals surface area contributed by atoms with Gasteiger partial charge in [0.2, 0.25) is 0 Å². The second kappa shape index (κ2) is 13.4. The van der Waals surface area contributed by atoms with E-state index in [1.54, 1.807) is 0 Å². The lowest BCUT2D eigenvalue weighted by atomic mass is 9.81. The summed E-state index contributed by atoms with van der Waals surface area (Å²) < 4.78 is 0. The highest BCUT2D eigenvalue weighted by atomic mass is 15.2. The van der Waals surface area contributed by atoms with E-state index in [1.165, 1.54) is 93.9 Å². The summed E-state index contributed by atoms with van der Waals surface area (Å²) in [5.74, 6) is 0. The van der Waals surface area contributed by atoms with E-state index in [9.17, 15) is 0 Å². The molecule has 0 amide bonds. The highest BCUT2D eigenvalue weighted by molar-refractivity contribution is 6.26. The summed E-state index contributed by atoms with van der Waals surface area (Å²) in [6.07, 6.45) is 17.7. The molecule has 276 valence electrons. The fourth-order valence-electron chi connectivity index (χ4n) is 10.0. The fourth-order valence-corrected chi connectivity index (χ4v) is 10.0. The molecule has 0 radical (unpaired) electrons. The van der Waals surface area contributed by atoms with Crippen molar-refractivity contribution in [2.45, 2.75) is 70.9 Å². The number of benzene rings is 7. The average Bonchev–Trinajstić information content (AvgIpc) is 3.44. The summed E-state index contributed by atoms with van der Waals surface area (Å²) in [6, 6.07) is 42.7. The van der Waals surface area contributed by atoms with Gasteiger partial charge in [-0.25, -0.2) is 0 Å². The predicted octanol–water partition coefficient (Wildman–Crippen LogP) is 14.2. The summed E-state index contributed by atoms with van der Waals surface area (Å²) >= 11 is 0. The Balaban J connectivity index is 0.993. The Morgan fingerprint density at radius 2 is 1.38 bits per heavy atom. The van der Waals surface area contributed by atoms with Crippen LogP contribution in [0.3, 0.4) is 0 Å². The lowest BCUT2D eigenvalue weighted by molar-refractivity contribution is 0.608. The Labute approximate surface area is 332 Å². The zero-order valence-electron chi connectivity index (χ0n) is 33.1. The summed E-state index contributed by atoms with van der Waals surface area (Å²) in [4.78, 5) is 5.15. The van der Waals surface area contributed by atoms with Crippen molar-refractivity contribution in [1.82, 2.24) is 0 Å². The van der Waals surface area contributed by atoms with Crippen LogP contribution in [0.25, 0.3) is 55.6 Å². The van der Waals surface area contributed by atoms with E-state index in [2.05, 4.69) is 190 Å². The molecule has 7 aromatic carbocycles. The molecule has 3 aliphatic rings. The highest BCUT2D eigenvalue weighted by Crippen LogP contribution is 2.50. The molecular weight excluding hydrogens is 677 g/mol. The first-order chi connectivity index (χ1) is 27.3. The standard InChI is InChI=1S/C54H50N2/c1-35-11-7-6-10-32-55(36(2)15-14-35)43-26-30-46-45-27-18-38(33-48(45)54(4,5)49(46)34-43)17-20-39-21-22-41-24-29-47-51(31-25-42-23-28-44(39)52(41)53(42)47)56-37(3)16-19-40-12-8-9-13-50(40)56/h6-13,17-18,20-31,33-34,36-37H,1,14-16,19,32H2,2-5H3/b10-6-,11-7-,20-17+. The molecule has 1 aliphatic carbocycles. The number of rotatable bonds is 4. The van der Waals surface area contributed by atoms with Crippen LogP contribution in [0.4, 0.5) is 17.1 Å². The zero-order chi connectivity index (χ0) is 38.1. The van der Waals surface area contributed by atoms with Crippen LogP contribution < -0.4 is 9.80 Å². The Hall–Kier alpha value is -5.86. The van der Waals surface area contributed by atoms with Gasteiger partial charge in [-0.2, -0.15) is 0 Å². The number of anilines is 3. The van der Waals surface area contributed by atoms with Crippen LogP contribution in [0.5, 0.6) is 0 Å². The van der Waals surface area contributed by atoms with Gasteiger partial charge in [0.05, 0.1) is 0 Å². The Kier molecular flexibility index (Phi) is 8.29. The lowest BCUT2D eigenvalue weighted by Crippen LogP contribution is -2.33. The van der Waals surface area contributed by atoms with E-state index < -0.39 is 0 Å². The molecule has 7 aromatic rings. The number of hydrogen-bond donors (Lipinski definition) is 0. The molecule has 2 aliphatic heterocycles. The minimum Gasteiger partial charge on any atom is -0.365 e. The molecule has 56 heavy (non-hydrogen) atoms. The number of nitrogens with zero attached hydrogens (tertiary/aromatic N) is 2. The molecule has 2 atom stereocenters. The van der Waals surface area contributed by atoms with Crippen molar-refractivity contribution in [2.75, 3.05) is 16.3 Å². The first kappa shape index (κ1) is 34.6. The van der Waals surface area contributed by atoms with Crippen LogP contribution in [0, 0.1) is 0 Å². The highest BCUT2D eigenvalue weighted by Gasteiger charge is 2.36. The van der Waals surface area contributed by atoms with E-state index in [4.69, 9.17) is 0 Å². The lowest BCUT2D eigenvalue weighted by Gasteiger charge is -2.38. The molecule has 0 fully saturated rings. The largest absolute Gasteiger partial charge is 0.365 e. The summed E-state index contributed by atoms with van der Waals surface area (Å²) in [5.41, 5.74) is 14.5. The van der Waals surface area contributed by atoms with Gasteiger partial charge in [-0.3, -0.25) is 0 Å². The number of aryl methyl sites for hydroxylation is 1. The van der Waals surface area contributed by atoms with Gasteiger partial charge >= 0.3 is 0 Å². The molecule has 10 rings (SSSR count). The van der Waals surface area contributed by atoms with Crippen LogP contribution in [0.15, 0.2) is 146 Å². The SMILES string of the molecule is C=C1/C=C\C=C/CN(c2ccc3c(c2)C(C)(C)c2cc(/C=C/c4ccc5ccc6c(N7c8ccccc8CCC7C)ccc7ccc4c5c76)ccc2-3)C(C)CC1. The van der Waals surface area contributed by atoms with Gasteiger partial charge in [0.15, 0.2) is 0 Å². The molecule has 0 bridgehead atoms. The number of allylic oxidation sites excluding steroid dienone is 4. The van der Waals surface area contributed by atoms with E-state index >= 15 is 0 Å². The van der Waals surface area contributed by atoms with Crippen molar-refractivity contribution in [1.29, 1.82) is 0 Å². The van der Waals surface area contributed by atoms with Gasteiger partial charge in [0, 0.05) is 46.5 Å². The zero-order valence-corrected chi connectivity index (χ0v) is 33.1. The fraction of sp³-hybridized carbons (Fsp3) is 0.222. The quantitative estimate of drug-likeness (QED) is 0.132. The third-order valence-corrected chi connectivity index (χ3v) is 13.2. The van der Waals surface area contributed by atoms with Crippen LogP contribution in [0.1, 0.15) is 74.8 Å². The maximum atomic E-state index is 4.26. The summed E-state index contributed by atoms with van der Waals surface area (Å²) in [5, 5.41) is 7.97. The molecule has 0 aromatic heterocycles. The Morgan fingerprint density at radius 3 is 2.23 bits per heavy atom. The molecule has 2 nitrogen and oxygen atoms in total. The van der Waals surface area contributed by atoms with Crippen molar-refractivity contribution in [3.8, 4) is 11.1 Å². The van der Waals surface area contributed by atoms with Crippen LogP contribution in [-0.4, -0.2) is 18.6 Å². The molecule has 2 heterocycles. The van der Waals surface area contributed by atoms with Crippen molar-refractivity contribution in [3.63, 3.8) is 0 Å². The second-order valence-corrected chi connectivity index (χ2v) is 17.0. The molecule has 0 saturated heterocycles. The molecule has 0 saturated carbocycles. The van der Waals surface area contributed by atoms with Gasteiger partial charge in [-0.15, -0.1) is 0 Å². The predicted molar refractivity (Wildman–Crippen MR) is 243 cm³/mol. The summed E-state index contributed by atoms with van der Waals surface area (Å²) in [7, 11) is 0. The number of para-hydroxylation sites is 1. The maximum Gasteiger partial charge on any atom is 0.0493 e. The minimum absolute atomic E-state index is 0.102. The third kappa shape index (κ3) is 5.61. The second-order valence-electron chi connectivity index (χ2n) is 17.0. The third-order valence-electron chi connectivity index (χ3n) is 13.2. The molecule has 0 N–H and O–H groups in total. The normalized spacial score (nSPS) is 20.5. The summed E-state index contributed by atoms with van der Waals surface area (Å²) in [6.45, 7) is 14.7. The Bertz CT molecular complexity index is 2770. The molecule has 2 unspecified atom stereocenters. The van der Waals surface area contributed by atoms with Crippen molar-refractivity contribution < 1.29 is 0 Å². The van der Waals surface area contributed by atoms with Gasteiger partial charge < -0.3 is 9.80 Å². The van der Waals surface area contributed by atoms with Crippen LogP contribution in [0.2, 0.25) is 0 Å². The van der Waals surface area contributed by atoms with E-state index in [1.807, 2.05) is 0 Å². The smallest absolute Gasteiger partial charge is 0.0493 e. The van der Waals surface area contributed by atoms with Gasteiger partial charge in [-0.1, -0.05) is 147 Å². The van der Waals surface area contributed by atoms with Crippen LogP contribution in [-0.2, 0) is 11.8 Å². The van der Waals surface area contributed by atoms with E-state index in [0.29, 0.717) is 12.1 Å². The molecule has 2 heteroatoms. The van der Waals surface area contributed by atoms with Gasteiger partial charge in [0.25, 0.3) is 0 Å². The minimum atomic E-state index is -0.102. The van der Waals surface area contributed by atoms with Crippen molar-refractivity contribution in [2.24, 2.45) is 0 Å². The molecule has 0 spiro atoms. The van der Waals surface area contributed by atoms with Gasteiger partial charge in [-0.05, 0) is 130 Å². The Morgan fingerprint density at radius 1 is 0.661 bits per heavy atom. The first-order valence-electron chi connectivity index (χ1n) is 20.6. The topological polar surface area (TPSA) is 6.48 Å². The van der Waals surface area contributed by atoms with Crippen molar-refractivity contribution in [3.05, 3.63) is 173 Å². The van der Waals surface area contributed by atoms with E-state index in [0.717, 1.165) is 32.2 Å². The maximum absolute atomic E-state index is 4.26. The monoisotopic (exact) mass is 726 g/mol. The molecular formula is C54H50N2. The number of hydrogen-bond acceptors (Lipinski definition) is 2. The number of fused-ring (bicyclic) bond motifs is 4. The van der Waals surface area contributed by atoms with Crippen molar-refractivity contribution >= 4 is 61.5 Å². The van der Waals surface area contributed by atoms with Crippen LogP contribution >= 0.6 is 0 Å². The average molecular weight is 727 g/mol.